The second-order valence-electron chi connectivity index (χ2n) is 4.32. The first kappa shape index (κ1) is 14.3. The lowest BCUT2D eigenvalue weighted by molar-refractivity contribution is 0.601. The van der Waals surface area contributed by atoms with Crippen molar-refractivity contribution in [1.82, 2.24) is 4.98 Å². The maximum atomic E-state index is 12.5. The molecule has 106 valence electrons. The van der Waals surface area contributed by atoms with Gasteiger partial charge < -0.3 is 5.32 Å². The quantitative estimate of drug-likeness (QED) is 0.888. The molecule has 0 fully saturated rings. The molecular formula is C14H17N3O2S. The summed E-state index contributed by atoms with van der Waals surface area (Å²) in [6.07, 6.45) is 3.18. The number of hydrogen-bond acceptors (Lipinski definition) is 4. The summed E-state index contributed by atoms with van der Waals surface area (Å²) < 4.78 is 27.5. The number of sulfonamides is 1. The Kier molecular flexibility index (Phi) is 4.24. The molecule has 0 radical (unpaired) electrons. The number of rotatable bonds is 5. The standard InChI is InChI=1S/C14H17N3O2S/c1-3-16-13-6-4-5-7-14(13)20(18,19)17-12-8-9-15-10-11(12)2/h4-10,16H,3H2,1-2H3,(H,15,17). The lowest BCUT2D eigenvalue weighted by Crippen LogP contribution is -2.16. The third kappa shape index (κ3) is 3.08. The van der Waals surface area contributed by atoms with Gasteiger partial charge in [0.15, 0.2) is 0 Å². The molecule has 0 saturated heterocycles. The van der Waals surface area contributed by atoms with E-state index in [1.54, 1.807) is 49.6 Å². The summed E-state index contributed by atoms with van der Waals surface area (Å²) >= 11 is 0. The van der Waals surface area contributed by atoms with Gasteiger partial charge in [-0.1, -0.05) is 12.1 Å². The lowest BCUT2D eigenvalue weighted by Gasteiger charge is -2.13. The molecule has 0 saturated carbocycles. The van der Waals surface area contributed by atoms with Gasteiger partial charge in [-0.3, -0.25) is 9.71 Å². The fourth-order valence-electron chi connectivity index (χ4n) is 1.83. The second-order valence-corrected chi connectivity index (χ2v) is 5.97. The van der Waals surface area contributed by atoms with Gasteiger partial charge in [0, 0.05) is 18.9 Å². The maximum absolute atomic E-state index is 12.5. The molecule has 0 amide bonds. The topological polar surface area (TPSA) is 71.1 Å². The van der Waals surface area contributed by atoms with Crippen LogP contribution in [0.15, 0.2) is 47.6 Å². The normalized spacial score (nSPS) is 11.1. The van der Waals surface area contributed by atoms with Crippen molar-refractivity contribution >= 4 is 21.4 Å². The predicted octanol–water partition coefficient (Wildman–Crippen LogP) is 2.62. The van der Waals surface area contributed by atoms with Crippen LogP contribution in [0.1, 0.15) is 12.5 Å². The minimum absolute atomic E-state index is 0.234. The second kappa shape index (κ2) is 5.92. The smallest absolute Gasteiger partial charge is 0.263 e. The van der Waals surface area contributed by atoms with Crippen LogP contribution in [-0.2, 0) is 10.0 Å². The zero-order valence-corrected chi connectivity index (χ0v) is 12.2. The number of hydrogen-bond donors (Lipinski definition) is 2. The summed E-state index contributed by atoms with van der Waals surface area (Å²) in [6, 6.07) is 8.47. The highest BCUT2D eigenvalue weighted by molar-refractivity contribution is 7.92. The molecule has 0 atom stereocenters. The van der Waals surface area contributed by atoms with E-state index in [-0.39, 0.29) is 4.90 Å². The Bertz CT molecular complexity index is 699. The number of nitrogens with one attached hydrogen (secondary N) is 2. The summed E-state index contributed by atoms with van der Waals surface area (Å²) in [6.45, 7) is 4.38. The van der Waals surface area contributed by atoms with E-state index in [0.717, 1.165) is 5.56 Å². The van der Waals surface area contributed by atoms with Gasteiger partial charge in [-0.05, 0) is 37.6 Å². The molecule has 0 bridgehead atoms. The van der Waals surface area contributed by atoms with E-state index in [1.165, 1.54) is 0 Å². The van der Waals surface area contributed by atoms with Crippen LogP contribution in [0, 0.1) is 6.92 Å². The monoisotopic (exact) mass is 291 g/mol. The van der Waals surface area contributed by atoms with Crippen molar-refractivity contribution in [2.75, 3.05) is 16.6 Å². The van der Waals surface area contributed by atoms with Gasteiger partial charge in [0.1, 0.15) is 4.90 Å². The largest absolute Gasteiger partial charge is 0.384 e. The third-order valence-corrected chi connectivity index (χ3v) is 4.23. The fourth-order valence-corrected chi connectivity index (χ4v) is 3.14. The molecule has 6 heteroatoms. The summed E-state index contributed by atoms with van der Waals surface area (Å²) in [5.74, 6) is 0. The molecular weight excluding hydrogens is 274 g/mol. The van der Waals surface area contributed by atoms with Crippen LogP contribution in [0.25, 0.3) is 0 Å². The molecule has 1 heterocycles. The Morgan fingerprint density at radius 2 is 1.90 bits per heavy atom. The van der Waals surface area contributed by atoms with Crippen LogP contribution < -0.4 is 10.0 Å². The first-order valence-corrected chi connectivity index (χ1v) is 7.79. The summed E-state index contributed by atoms with van der Waals surface area (Å²) in [7, 11) is -3.63. The van der Waals surface area contributed by atoms with Gasteiger partial charge >= 0.3 is 0 Å². The van der Waals surface area contributed by atoms with Crippen LogP contribution in [0.3, 0.4) is 0 Å². The van der Waals surface area contributed by atoms with E-state index in [2.05, 4.69) is 15.0 Å². The highest BCUT2D eigenvalue weighted by Crippen LogP contribution is 2.24. The number of aryl methyl sites for hydroxylation is 1. The number of pyridine rings is 1. The summed E-state index contributed by atoms with van der Waals surface area (Å²) in [4.78, 5) is 4.18. The molecule has 0 aliphatic heterocycles. The molecule has 0 aliphatic carbocycles. The molecule has 0 aliphatic rings. The van der Waals surface area contributed by atoms with Crippen molar-refractivity contribution in [2.45, 2.75) is 18.7 Å². The number of anilines is 2. The first-order valence-electron chi connectivity index (χ1n) is 6.31. The minimum Gasteiger partial charge on any atom is -0.384 e. The van der Waals surface area contributed by atoms with Gasteiger partial charge in [-0.25, -0.2) is 8.42 Å². The maximum Gasteiger partial charge on any atom is 0.263 e. The Labute approximate surface area is 119 Å². The average Bonchev–Trinajstić information content (AvgIpc) is 2.42. The SMILES string of the molecule is CCNc1ccccc1S(=O)(=O)Nc1ccncc1C. The van der Waals surface area contributed by atoms with Gasteiger partial charge in [0.05, 0.1) is 11.4 Å². The minimum atomic E-state index is -3.63. The predicted molar refractivity (Wildman–Crippen MR) is 80.4 cm³/mol. The van der Waals surface area contributed by atoms with Crippen molar-refractivity contribution in [3.8, 4) is 0 Å². The van der Waals surface area contributed by atoms with Crippen molar-refractivity contribution in [3.05, 3.63) is 48.3 Å². The number of aromatic nitrogens is 1. The summed E-state index contributed by atoms with van der Waals surface area (Å²) in [5.41, 5.74) is 1.90. The molecule has 20 heavy (non-hydrogen) atoms. The Hall–Kier alpha value is -2.08. The molecule has 0 unspecified atom stereocenters. The van der Waals surface area contributed by atoms with Crippen LogP contribution in [0.5, 0.6) is 0 Å². The Morgan fingerprint density at radius 1 is 1.15 bits per heavy atom. The van der Waals surface area contributed by atoms with Gasteiger partial charge in [-0.2, -0.15) is 0 Å². The van der Waals surface area contributed by atoms with Crippen LogP contribution in [0.2, 0.25) is 0 Å². The number of benzene rings is 1. The molecule has 0 spiro atoms. The Morgan fingerprint density at radius 3 is 2.60 bits per heavy atom. The third-order valence-electron chi connectivity index (χ3n) is 2.81. The van der Waals surface area contributed by atoms with Gasteiger partial charge in [0.2, 0.25) is 0 Å². The molecule has 2 N–H and O–H groups in total. The number of nitrogens with zero attached hydrogens (tertiary/aromatic N) is 1. The van der Waals surface area contributed by atoms with Gasteiger partial charge in [0.25, 0.3) is 10.0 Å². The average molecular weight is 291 g/mol. The van der Waals surface area contributed by atoms with E-state index in [0.29, 0.717) is 17.9 Å². The van der Waals surface area contributed by atoms with Gasteiger partial charge in [-0.15, -0.1) is 0 Å². The molecule has 1 aromatic carbocycles. The zero-order chi connectivity index (χ0) is 14.6. The highest BCUT2D eigenvalue weighted by atomic mass is 32.2. The Balaban J connectivity index is 2.39. The summed E-state index contributed by atoms with van der Waals surface area (Å²) in [5, 5.41) is 3.05. The van der Waals surface area contributed by atoms with Crippen molar-refractivity contribution in [1.29, 1.82) is 0 Å². The molecule has 2 rings (SSSR count). The number of para-hydroxylation sites is 1. The van der Waals surface area contributed by atoms with Crippen molar-refractivity contribution in [3.63, 3.8) is 0 Å². The van der Waals surface area contributed by atoms with Crippen LogP contribution >= 0.6 is 0 Å². The van der Waals surface area contributed by atoms with Crippen molar-refractivity contribution < 1.29 is 8.42 Å². The zero-order valence-electron chi connectivity index (χ0n) is 11.4. The van der Waals surface area contributed by atoms with E-state index in [1.807, 2.05) is 6.92 Å². The highest BCUT2D eigenvalue weighted by Gasteiger charge is 2.18. The van der Waals surface area contributed by atoms with E-state index >= 15 is 0 Å². The fraction of sp³-hybridized carbons (Fsp3) is 0.214. The molecule has 5 nitrogen and oxygen atoms in total. The van der Waals surface area contributed by atoms with E-state index in [4.69, 9.17) is 0 Å². The first-order chi connectivity index (χ1) is 9.54. The lowest BCUT2D eigenvalue weighted by atomic mass is 10.3. The molecule has 2 aromatic rings. The van der Waals surface area contributed by atoms with Crippen molar-refractivity contribution in [2.24, 2.45) is 0 Å². The van der Waals surface area contributed by atoms with E-state index < -0.39 is 10.0 Å². The van der Waals surface area contributed by atoms with Crippen LogP contribution in [0.4, 0.5) is 11.4 Å². The molecule has 1 aromatic heterocycles. The van der Waals surface area contributed by atoms with E-state index in [9.17, 15) is 8.42 Å². The van der Waals surface area contributed by atoms with Crippen LogP contribution in [-0.4, -0.2) is 19.9 Å².